The number of benzene rings is 2. The average molecular weight is 583 g/mol. The lowest BCUT2D eigenvalue weighted by Gasteiger charge is -2.16. The van der Waals surface area contributed by atoms with E-state index < -0.39 is 119 Å². The van der Waals surface area contributed by atoms with Crippen LogP contribution in [-0.2, 0) is 17.8 Å². The highest BCUT2D eigenvalue weighted by molar-refractivity contribution is 6.32. The molecule has 1 N–H and O–H groups in total. The van der Waals surface area contributed by atoms with E-state index in [9.17, 15) is 10.1 Å². The minimum absolute atomic E-state index is 0.0658. The minimum atomic E-state index is -2.44. The van der Waals surface area contributed by atoms with Crippen molar-refractivity contribution in [2.45, 2.75) is 26.9 Å². The number of hydrogen-bond donors (Lipinski definition) is 1. The Hall–Kier alpha value is -4.45. The fourth-order valence-corrected chi connectivity index (χ4v) is 3.62. The number of nitrogens with zero attached hydrogens (tertiary/aromatic N) is 4. The molecule has 0 unspecified atom stereocenters. The molecule has 0 atom stereocenters. The molecule has 8 nitrogen and oxygen atoms in total. The molecule has 0 saturated carbocycles. The summed E-state index contributed by atoms with van der Waals surface area (Å²) in [6.07, 6.45) is 0.459. The van der Waals surface area contributed by atoms with Gasteiger partial charge in [0.25, 0.3) is 0 Å². The van der Waals surface area contributed by atoms with E-state index in [2.05, 4.69) is 15.3 Å². The monoisotopic (exact) mass is 582 g/mol. The summed E-state index contributed by atoms with van der Waals surface area (Å²) in [6.45, 7) is -2.53. The molecular formula is C32H32ClN5O3. The van der Waals surface area contributed by atoms with Crippen LogP contribution in [0.15, 0.2) is 66.7 Å². The second-order valence-corrected chi connectivity index (χ2v) is 8.88. The van der Waals surface area contributed by atoms with Gasteiger partial charge in [-0.2, -0.15) is 5.26 Å². The van der Waals surface area contributed by atoms with Gasteiger partial charge in [-0.3, -0.25) is 14.8 Å². The van der Waals surface area contributed by atoms with Crippen molar-refractivity contribution in [1.82, 2.24) is 14.9 Å². The van der Waals surface area contributed by atoms with Crippen LogP contribution in [0.2, 0.25) is 5.02 Å². The molecule has 9 heteroatoms. The lowest BCUT2D eigenvalue weighted by Crippen LogP contribution is -2.11. The third-order valence-corrected chi connectivity index (χ3v) is 5.42. The molecule has 0 saturated heterocycles. The molecule has 4 rings (SSSR count). The number of ether oxygens (including phenoxy) is 2. The second kappa shape index (κ2) is 13.8. The largest absolute Gasteiger partial charge is 0.494 e. The number of allylic oxidation sites excluding steroid dienone is 1. The molecule has 0 amide bonds. The Morgan fingerprint density at radius 2 is 2.05 bits per heavy atom. The summed E-state index contributed by atoms with van der Waals surface area (Å²) in [5.41, 5.74) is -2.16. The first-order valence-electron chi connectivity index (χ1n) is 18.5. The zero-order chi connectivity index (χ0) is 40.8. The molecule has 0 aliphatic carbocycles. The van der Waals surface area contributed by atoms with Crippen LogP contribution in [-0.4, -0.2) is 47.8 Å². The summed E-state index contributed by atoms with van der Waals surface area (Å²) in [5, 5.41) is 11.9. The summed E-state index contributed by atoms with van der Waals surface area (Å²) >= 11 is 6.46. The van der Waals surface area contributed by atoms with Gasteiger partial charge >= 0.3 is 0 Å². The predicted octanol–water partition coefficient (Wildman–Crippen LogP) is 6.41. The number of carbonyl (C=O) groups is 1. The number of aromatic nitrogens is 2. The van der Waals surface area contributed by atoms with Crippen LogP contribution in [0.25, 0.3) is 10.9 Å². The van der Waals surface area contributed by atoms with Crippen LogP contribution < -0.4 is 14.8 Å². The van der Waals surface area contributed by atoms with Crippen molar-refractivity contribution in [2.24, 2.45) is 0 Å². The van der Waals surface area contributed by atoms with Gasteiger partial charge in [-0.15, -0.1) is 0 Å². The first-order valence-corrected chi connectivity index (χ1v) is 12.4. The van der Waals surface area contributed by atoms with Crippen LogP contribution in [0.5, 0.6) is 11.5 Å². The number of carbonyl (C=O) groups excluding carboxylic acids is 1. The van der Waals surface area contributed by atoms with Gasteiger partial charge < -0.3 is 19.7 Å². The number of likely N-dealkylation sites (N-methyl/N-ethyl adjacent to an activating group) is 1. The first kappa shape index (κ1) is 16.7. The van der Waals surface area contributed by atoms with Crippen molar-refractivity contribution in [1.29, 1.82) is 5.26 Å². The Balaban J connectivity index is 1.93. The predicted molar refractivity (Wildman–Crippen MR) is 162 cm³/mol. The number of ketones is 1. The minimum Gasteiger partial charge on any atom is -0.494 e. The summed E-state index contributed by atoms with van der Waals surface area (Å²) in [6, 6.07) is -2.59. The number of pyridine rings is 2. The van der Waals surface area contributed by atoms with Gasteiger partial charge in [0.15, 0.2) is 5.78 Å². The normalized spacial score (nSPS) is 16.4. The van der Waals surface area contributed by atoms with Crippen molar-refractivity contribution in [3.8, 4) is 17.6 Å². The third-order valence-electron chi connectivity index (χ3n) is 5.16. The number of nitriles is 1. The van der Waals surface area contributed by atoms with Crippen LogP contribution in [0.4, 0.5) is 11.4 Å². The number of fused-ring (bicyclic) bond motifs is 1. The van der Waals surface area contributed by atoms with Crippen molar-refractivity contribution >= 4 is 39.7 Å². The van der Waals surface area contributed by atoms with Gasteiger partial charge in [-0.25, -0.2) is 0 Å². The highest BCUT2D eigenvalue weighted by atomic mass is 35.5. The quantitative estimate of drug-likeness (QED) is 0.191. The van der Waals surface area contributed by atoms with E-state index in [-0.39, 0.29) is 28.4 Å². The second-order valence-electron chi connectivity index (χ2n) is 8.50. The first-order chi connectivity index (χ1) is 24.9. The highest BCUT2D eigenvalue weighted by Crippen LogP contribution is 2.36. The molecule has 2 heterocycles. The number of rotatable bonds is 12. The molecule has 2 aromatic carbocycles. The van der Waals surface area contributed by atoms with Gasteiger partial charge in [-0.05, 0) is 70.3 Å². The Labute approximate surface area is 263 Å². The standard InChI is InChI=1S/C32H32ClN5O3/c1-5-40-31-17-29-27(15-22(31)14-26(39)10-7-13-38(3)4)32(23(18-34)19-35-29)37-24-11-12-30(28(33)16-24)41-20-25-9-6-8-21(2)36-25/h6-12,15-17,19H,5,13-14,20H2,1-4H3,(H,35,37)/b10-7+/i5D2,6D,8D,9D,11D,12D,13D2,15D,16D,17D,19D. The van der Waals surface area contributed by atoms with E-state index in [1.54, 1.807) is 6.07 Å². The average Bonchev–Trinajstić information content (AvgIpc) is 3.09. The van der Waals surface area contributed by atoms with Crippen LogP contribution in [0, 0.1) is 18.3 Å². The van der Waals surface area contributed by atoms with Crippen LogP contribution in [0.1, 0.15) is 47.3 Å². The molecule has 210 valence electrons. The van der Waals surface area contributed by atoms with Gasteiger partial charge in [0.05, 0.1) is 49.1 Å². The number of aryl methyl sites for hydroxylation is 1. The van der Waals surface area contributed by atoms with Crippen LogP contribution in [0.3, 0.4) is 0 Å². The lowest BCUT2D eigenvalue weighted by atomic mass is 10.0. The lowest BCUT2D eigenvalue weighted by molar-refractivity contribution is -0.114. The van der Waals surface area contributed by atoms with Crippen LogP contribution >= 0.6 is 11.6 Å². The van der Waals surface area contributed by atoms with Crippen molar-refractivity contribution < 1.29 is 32.1 Å². The van der Waals surface area contributed by atoms with Crippen molar-refractivity contribution in [3.63, 3.8) is 0 Å². The highest BCUT2D eigenvalue weighted by Gasteiger charge is 2.16. The summed E-state index contributed by atoms with van der Waals surface area (Å²) < 4.78 is 120. The van der Waals surface area contributed by atoms with E-state index in [1.165, 1.54) is 25.9 Å². The molecule has 0 aliphatic rings. The zero-order valence-corrected chi connectivity index (χ0v) is 23.2. The maximum absolute atomic E-state index is 13.2. The van der Waals surface area contributed by atoms with Gasteiger partial charge in [0, 0.05) is 50.2 Å². The molecule has 0 aliphatic heterocycles. The van der Waals surface area contributed by atoms with Crippen molar-refractivity contribution in [2.75, 3.05) is 32.5 Å². The number of hydrogen-bond acceptors (Lipinski definition) is 8. The summed E-state index contributed by atoms with van der Waals surface area (Å²) in [4.78, 5) is 22.4. The maximum Gasteiger partial charge on any atom is 0.159 e. The van der Waals surface area contributed by atoms with E-state index in [0.717, 1.165) is 19.1 Å². The third kappa shape index (κ3) is 7.82. The number of anilines is 2. The summed E-state index contributed by atoms with van der Waals surface area (Å²) in [7, 11) is 2.89. The Bertz CT molecular complexity index is 2250. The van der Waals surface area contributed by atoms with Gasteiger partial charge in [-0.1, -0.05) is 23.7 Å². The fourth-order valence-electron chi connectivity index (χ4n) is 3.42. The van der Waals surface area contributed by atoms with E-state index in [1.807, 2.05) is 0 Å². The molecule has 2 aromatic heterocycles. The number of nitrogens with one attached hydrogen (secondary N) is 1. The summed E-state index contributed by atoms with van der Waals surface area (Å²) in [5.74, 6) is -1.80. The number of halogens is 1. The molecule has 0 bridgehead atoms. The SMILES string of the molecule is [2H]c1nc2c([2H])c(OC([2H])([2H])C)c(CC(=O)/C=C/C([2H])([2H])N(C)C)c([2H])c2c(Nc2c([2H])c([2H])c(OCc3nc(C)c([2H])c([2H])c3[2H])c(Cl)c2[2H])c1C#N. The molecule has 0 radical (unpaired) electrons. The Kier molecular flexibility index (Phi) is 5.61. The smallest absolute Gasteiger partial charge is 0.159 e. The topological polar surface area (TPSA) is 100 Å². The molecule has 41 heavy (non-hydrogen) atoms. The molecule has 4 aromatic rings. The van der Waals surface area contributed by atoms with Gasteiger partial charge in [0.2, 0.25) is 0 Å². The zero-order valence-electron chi connectivity index (χ0n) is 35.5. The Morgan fingerprint density at radius 1 is 1.22 bits per heavy atom. The van der Waals surface area contributed by atoms with Gasteiger partial charge in [0.1, 0.15) is 24.2 Å². The van der Waals surface area contributed by atoms with E-state index >= 15 is 0 Å². The maximum atomic E-state index is 13.2. The molecule has 0 fully saturated rings. The Morgan fingerprint density at radius 3 is 2.80 bits per heavy atom. The molecular weight excluding hydrogens is 538 g/mol. The fraction of sp³-hybridized carbons (Fsp3) is 0.250. The molecule has 0 spiro atoms. The van der Waals surface area contributed by atoms with Crippen molar-refractivity contribution in [3.05, 3.63) is 94.2 Å². The van der Waals surface area contributed by atoms with E-state index in [0.29, 0.717) is 0 Å². The van der Waals surface area contributed by atoms with E-state index in [4.69, 9.17) is 38.9 Å².